The monoisotopic (exact) mass is 177 g/mol. The zero-order chi connectivity index (χ0) is 10.1. The molecule has 0 atom stereocenters. The third-order valence-electron chi connectivity index (χ3n) is 1.74. The van der Waals surface area contributed by atoms with Gasteiger partial charge in [-0.25, -0.2) is 0 Å². The highest BCUT2D eigenvalue weighted by Gasteiger charge is 1.87. The lowest BCUT2D eigenvalue weighted by Crippen LogP contribution is -1.90. The lowest BCUT2D eigenvalue weighted by atomic mass is 10.2. The summed E-state index contributed by atoms with van der Waals surface area (Å²) in [5.41, 5.74) is 2.21. The van der Waals surface area contributed by atoms with Crippen molar-refractivity contribution in [1.29, 1.82) is 0 Å². The first-order valence-corrected chi connectivity index (χ1v) is 4.78. The molecular formula is C12H19N. The quantitative estimate of drug-likeness (QED) is 0.446. The van der Waals surface area contributed by atoms with Crippen LogP contribution in [0.25, 0.3) is 0 Å². The van der Waals surface area contributed by atoms with Gasteiger partial charge >= 0.3 is 0 Å². The lowest BCUT2D eigenvalue weighted by molar-refractivity contribution is 1.15. The summed E-state index contributed by atoms with van der Waals surface area (Å²) in [7, 11) is 0. The van der Waals surface area contributed by atoms with Crippen LogP contribution in [0.15, 0.2) is 41.6 Å². The minimum atomic E-state index is 0.984. The zero-order valence-electron chi connectivity index (χ0n) is 8.88. The van der Waals surface area contributed by atoms with Crippen molar-refractivity contribution in [3.8, 4) is 0 Å². The van der Waals surface area contributed by atoms with Crippen LogP contribution in [0.5, 0.6) is 0 Å². The smallest absolute Gasteiger partial charge is 0.0272 e. The molecule has 0 spiro atoms. The molecule has 0 unspecified atom stereocenters. The van der Waals surface area contributed by atoms with E-state index >= 15 is 0 Å². The van der Waals surface area contributed by atoms with Gasteiger partial charge in [-0.2, -0.15) is 0 Å². The molecule has 0 fully saturated rings. The second kappa shape index (κ2) is 7.53. The fourth-order valence-electron chi connectivity index (χ4n) is 0.941. The lowest BCUT2D eigenvalue weighted by Gasteiger charge is -1.94. The predicted molar refractivity (Wildman–Crippen MR) is 61.1 cm³/mol. The summed E-state index contributed by atoms with van der Waals surface area (Å²) in [5, 5.41) is 0. The van der Waals surface area contributed by atoms with E-state index in [4.69, 9.17) is 0 Å². The molecule has 0 heterocycles. The van der Waals surface area contributed by atoms with Crippen LogP contribution in [0.2, 0.25) is 0 Å². The molecule has 0 aliphatic rings. The normalized spacial score (nSPS) is 11.0. The fraction of sp³-hybridized carbons (Fsp3) is 0.417. The van der Waals surface area contributed by atoms with Crippen LogP contribution in [0.1, 0.15) is 33.6 Å². The Kier molecular flexibility index (Phi) is 6.89. The maximum atomic E-state index is 4.32. The Morgan fingerprint density at radius 2 is 1.85 bits per heavy atom. The van der Waals surface area contributed by atoms with Crippen molar-refractivity contribution in [1.82, 2.24) is 0 Å². The van der Waals surface area contributed by atoms with Gasteiger partial charge < -0.3 is 0 Å². The molecule has 1 nitrogen and oxygen atoms in total. The summed E-state index contributed by atoms with van der Waals surface area (Å²) in [4.78, 5) is 4.32. The third kappa shape index (κ3) is 6.09. The molecule has 0 aliphatic carbocycles. The maximum Gasteiger partial charge on any atom is 0.0272 e. The van der Waals surface area contributed by atoms with E-state index in [9.17, 15) is 0 Å². The number of allylic oxidation sites excluding steroid dienone is 4. The van der Waals surface area contributed by atoms with E-state index in [-0.39, 0.29) is 0 Å². The maximum absolute atomic E-state index is 4.32. The minimum Gasteiger partial charge on any atom is -0.266 e. The van der Waals surface area contributed by atoms with E-state index in [1.807, 2.05) is 31.4 Å². The summed E-state index contributed by atoms with van der Waals surface area (Å²) in [6.07, 6.45) is 9.73. The Morgan fingerprint density at radius 3 is 2.31 bits per heavy atom. The predicted octanol–water partition coefficient (Wildman–Crippen LogP) is 3.89. The van der Waals surface area contributed by atoms with Gasteiger partial charge in [-0.15, -0.1) is 0 Å². The van der Waals surface area contributed by atoms with Crippen molar-refractivity contribution in [2.24, 2.45) is 4.99 Å². The number of hydrogen-bond acceptors (Lipinski definition) is 1. The van der Waals surface area contributed by atoms with Gasteiger partial charge in [0.15, 0.2) is 0 Å². The molecule has 72 valence electrons. The van der Waals surface area contributed by atoms with E-state index in [2.05, 4.69) is 25.4 Å². The van der Waals surface area contributed by atoms with Crippen LogP contribution in [-0.4, -0.2) is 5.71 Å². The highest BCUT2D eigenvalue weighted by atomic mass is 14.7. The number of nitrogens with zero attached hydrogens (tertiary/aromatic N) is 1. The Morgan fingerprint density at radius 1 is 1.23 bits per heavy atom. The molecule has 1 heteroatoms. The number of rotatable bonds is 5. The summed E-state index contributed by atoms with van der Waals surface area (Å²) in [5.74, 6) is 0. The second-order valence-electron chi connectivity index (χ2n) is 2.79. The van der Waals surface area contributed by atoms with Crippen LogP contribution >= 0.6 is 0 Å². The molecule has 13 heavy (non-hydrogen) atoms. The minimum absolute atomic E-state index is 0.984. The van der Waals surface area contributed by atoms with Crippen LogP contribution < -0.4 is 0 Å². The third-order valence-corrected chi connectivity index (χ3v) is 1.74. The van der Waals surface area contributed by atoms with Crippen LogP contribution in [0.3, 0.4) is 0 Å². The summed E-state index contributed by atoms with van der Waals surface area (Å²) in [6, 6.07) is 0. The van der Waals surface area contributed by atoms with Crippen LogP contribution in [0.4, 0.5) is 0 Å². The van der Waals surface area contributed by atoms with E-state index in [1.165, 1.54) is 5.71 Å². The number of hydrogen-bond donors (Lipinski definition) is 0. The fourth-order valence-corrected chi connectivity index (χ4v) is 0.941. The summed E-state index contributed by atoms with van der Waals surface area (Å²) >= 11 is 0. The van der Waals surface area contributed by atoms with Gasteiger partial charge in [0.25, 0.3) is 0 Å². The van der Waals surface area contributed by atoms with Crippen LogP contribution in [-0.2, 0) is 0 Å². The van der Waals surface area contributed by atoms with Gasteiger partial charge in [-0.05, 0) is 31.4 Å². The molecule has 0 aliphatic heterocycles. The Hall–Kier alpha value is -1.11. The molecule has 0 saturated heterocycles. The Bertz CT molecular complexity index is 226. The van der Waals surface area contributed by atoms with Crippen molar-refractivity contribution in [3.05, 3.63) is 36.6 Å². The highest BCUT2D eigenvalue weighted by Crippen LogP contribution is 1.97. The molecule has 0 saturated carbocycles. The average Bonchev–Trinajstić information content (AvgIpc) is 2.13. The van der Waals surface area contributed by atoms with Gasteiger partial charge in [-0.3, -0.25) is 4.99 Å². The SMILES string of the molecule is C=C(/C=C\C)/C=C\N=C(CC)CC. The molecule has 0 amide bonds. The van der Waals surface area contributed by atoms with Crippen molar-refractivity contribution in [2.45, 2.75) is 33.6 Å². The van der Waals surface area contributed by atoms with E-state index in [0.717, 1.165) is 18.4 Å². The molecule has 0 aromatic carbocycles. The zero-order valence-corrected chi connectivity index (χ0v) is 8.88. The van der Waals surface area contributed by atoms with Crippen molar-refractivity contribution >= 4 is 5.71 Å². The largest absolute Gasteiger partial charge is 0.266 e. The van der Waals surface area contributed by atoms with Crippen molar-refractivity contribution < 1.29 is 0 Å². The molecule has 0 aromatic rings. The summed E-state index contributed by atoms with van der Waals surface area (Å²) in [6.45, 7) is 10.1. The first-order chi connectivity index (χ1) is 6.24. The average molecular weight is 177 g/mol. The molecular weight excluding hydrogens is 158 g/mol. The summed E-state index contributed by atoms with van der Waals surface area (Å²) < 4.78 is 0. The highest BCUT2D eigenvalue weighted by molar-refractivity contribution is 5.84. The standard InChI is InChI=1S/C12H19N/c1-5-8-11(4)9-10-13-12(6-2)7-3/h5,8-10H,4,6-7H2,1-3H3/b8-5-,10-9-. The Balaban J connectivity index is 4.12. The molecule has 0 aromatic heterocycles. The number of aliphatic imine (C=N–C) groups is 1. The van der Waals surface area contributed by atoms with Crippen LogP contribution in [0, 0.1) is 0 Å². The second-order valence-corrected chi connectivity index (χ2v) is 2.79. The molecule has 0 rings (SSSR count). The van der Waals surface area contributed by atoms with Crippen molar-refractivity contribution in [3.63, 3.8) is 0 Å². The first-order valence-electron chi connectivity index (χ1n) is 4.78. The topological polar surface area (TPSA) is 12.4 Å². The van der Waals surface area contributed by atoms with Gasteiger partial charge in [0, 0.05) is 11.9 Å². The molecule has 0 radical (unpaired) electrons. The Labute approximate surface area is 81.6 Å². The van der Waals surface area contributed by atoms with E-state index in [0.29, 0.717) is 0 Å². The van der Waals surface area contributed by atoms with E-state index in [1.54, 1.807) is 0 Å². The van der Waals surface area contributed by atoms with Gasteiger partial charge in [-0.1, -0.05) is 32.6 Å². The van der Waals surface area contributed by atoms with Gasteiger partial charge in [0.2, 0.25) is 0 Å². The van der Waals surface area contributed by atoms with Gasteiger partial charge in [0.1, 0.15) is 0 Å². The molecule has 0 N–H and O–H groups in total. The van der Waals surface area contributed by atoms with Crippen molar-refractivity contribution in [2.75, 3.05) is 0 Å². The first kappa shape index (κ1) is 11.9. The van der Waals surface area contributed by atoms with Gasteiger partial charge in [0.05, 0.1) is 0 Å². The molecule has 0 bridgehead atoms. The van der Waals surface area contributed by atoms with E-state index < -0.39 is 0 Å².